The first-order valence-corrected chi connectivity index (χ1v) is 5.22. The molecule has 1 heterocycles. The standard InChI is InChI=1S/C10H20N4O2/c1-13(2)10-9(11)8-12-14(10)4-5-16-7-6-15-3/h8H,4-7,11H2,1-3H3. The highest BCUT2D eigenvalue weighted by Crippen LogP contribution is 2.19. The van der Waals surface area contributed by atoms with E-state index in [0.717, 1.165) is 5.82 Å². The van der Waals surface area contributed by atoms with E-state index < -0.39 is 0 Å². The Morgan fingerprint density at radius 2 is 2.12 bits per heavy atom. The molecule has 0 aliphatic carbocycles. The lowest BCUT2D eigenvalue weighted by molar-refractivity contribution is 0.0655. The van der Waals surface area contributed by atoms with E-state index in [1.807, 2.05) is 23.7 Å². The molecule has 0 fully saturated rings. The molecule has 0 atom stereocenters. The Hall–Kier alpha value is -1.27. The van der Waals surface area contributed by atoms with Crippen LogP contribution in [0.4, 0.5) is 11.5 Å². The summed E-state index contributed by atoms with van der Waals surface area (Å²) in [5.41, 5.74) is 6.49. The second-order valence-electron chi connectivity index (χ2n) is 3.65. The first kappa shape index (κ1) is 12.8. The van der Waals surface area contributed by atoms with Crippen molar-refractivity contribution in [3.05, 3.63) is 6.20 Å². The molecule has 0 saturated carbocycles. The molecule has 1 aromatic heterocycles. The van der Waals surface area contributed by atoms with Gasteiger partial charge in [0.15, 0.2) is 0 Å². The lowest BCUT2D eigenvalue weighted by Crippen LogP contribution is -2.18. The summed E-state index contributed by atoms with van der Waals surface area (Å²) in [6.07, 6.45) is 1.66. The van der Waals surface area contributed by atoms with Crippen LogP contribution < -0.4 is 10.6 Å². The third kappa shape index (κ3) is 3.39. The minimum atomic E-state index is 0.602. The Labute approximate surface area is 95.9 Å². The van der Waals surface area contributed by atoms with Gasteiger partial charge in [0, 0.05) is 21.2 Å². The molecule has 1 rings (SSSR count). The Balaban J connectivity index is 2.41. The number of hydrogen-bond acceptors (Lipinski definition) is 5. The minimum Gasteiger partial charge on any atom is -0.394 e. The summed E-state index contributed by atoms with van der Waals surface area (Å²) in [4.78, 5) is 1.94. The fraction of sp³-hybridized carbons (Fsp3) is 0.700. The maximum atomic E-state index is 5.81. The summed E-state index contributed by atoms with van der Waals surface area (Å²) in [7, 11) is 5.53. The number of aromatic nitrogens is 2. The molecule has 6 nitrogen and oxygen atoms in total. The van der Waals surface area contributed by atoms with Crippen molar-refractivity contribution in [3.8, 4) is 0 Å². The molecule has 0 amide bonds. The monoisotopic (exact) mass is 228 g/mol. The lowest BCUT2D eigenvalue weighted by atomic mass is 10.5. The summed E-state index contributed by atoms with van der Waals surface area (Å²) in [5.74, 6) is 0.912. The van der Waals surface area contributed by atoms with Gasteiger partial charge in [-0.15, -0.1) is 0 Å². The molecule has 0 bridgehead atoms. The van der Waals surface area contributed by atoms with Crippen molar-refractivity contribution in [1.29, 1.82) is 0 Å². The van der Waals surface area contributed by atoms with Gasteiger partial charge >= 0.3 is 0 Å². The van der Waals surface area contributed by atoms with Crippen LogP contribution in [0.2, 0.25) is 0 Å². The van der Waals surface area contributed by atoms with Crippen molar-refractivity contribution >= 4 is 11.5 Å². The summed E-state index contributed by atoms with van der Waals surface area (Å²) in [6, 6.07) is 0. The largest absolute Gasteiger partial charge is 0.394 e. The zero-order valence-corrected chi connectivity index (χ0v) is 10.1. The van der Waals surface area contributed by atoms with Crippen molar-refractivity contribution in [2.75, 3.05) is 51.7 Å². The number of anilines is 2. The average molecular weight is 228 g/mol. The zero-order chi connectivity index (χ0) is 12.0. The lowest BCUT2D eigenvalue weighted by Gasteiger charge is -2.15. The van der Waals surface area contributed by atoms with Crippen molar-refractivity contribution in [2.45, 2.75) is 6.54 Å². The number of nitrogens with two attached hydrogens (primary N) is 1. The number of methoxy groups -OCH3 is 1. The van der Waals surface area contributed by atoms with Crippen LogP contribution in [0, 0.1) is 0 Å². The Morgan fingerprint density at radius 1 is 1.38 bits per heavy atom. The maximum Gasteiger partial charge on any atom is 0.149 e. The van der Waals surface area contributed by atoms with Crippen LogP contribution in [0.25, 0.3) is 0 Å². The van der Waals surface area contributed by atoms with Gasteiger partial charge in [0.05, 0.1) is 38.2 Å². The first-order valence-electron chi connectivity index (χ1n) is 5.22. The Kier molecular flexibility index (Phi) is 5.07. The van der Waals surface area contributed by atoms with E-state index in [4.69, 9.17) is 15.2 Å². The highest BCUT2D eigenvalue weighted by molar-refractivity contribution is 5.61. The van der Waals surface area contributed by atoms with Crippen LogP contribution in [0.3, 0.4) is 0 Å². The zero-order valence-electron chi connectivity index (χ0n) is 10.1. The number of nitrogen functional groups attached to an aromatic ring is 1. The van der Waals surface area contributed by atoms with Gasteiger partial charge in [-0.2, -0.15) is 5.10 Å². The molecular formula is C10H20N4O2. The second-order valence-corrected chi connectivity index (χ2v) is 3.65. The third-order valence-corrected chi connectivity index (χ3v) is 2.14. The van der Waals surface area contributed by atoms with Gasteiger partial charge < -0.3 is 20.1 Å². The predicted octanol–water partition coefficient (Wildman–Crippen LogP) is 0.194. The van der Waals surface area contributed by atoms with E-state index in [-0.39, 0.29) is 0 Å². The molecular weight excluding hydrogens is 208 g/mol. The Morgan fingerprint density at radius 3 is 2.75 bits per heavy atom. The number of nitrogens with zero attached hydrogens (tertiary/aromatic N) is 3. The number of hydrogen-bond donors (Lipinski definition) is 1. The highest BCUT2D eigenvalue weighted by atomic mass is 16.5. The van der Waals surface area contributed by atoms with E-state index in [2.05, 4.69) is 5.10 Å². The van der Waals surface area contributed by atoms with E-state index >= 15 is 0 Å². The summed E-state index contributed by atoms with van der Waals surface area (Å²) < 4.78 is 12.1. The summed E-state index contributed by atoms with van der Waals surface area (Å²) in [6.45, 7) is 2.51. The van der Waals surface area contributed by atoms with Gasteiger partial charge in [-0.25, -0.2) is 4.68 Å². The Bertz CT molecular complexity index is 312. The average Bonchev–Trinajstić information content (AvgIpc) is 2.59. The molecule has 6 heteroatoms. The van der Waals surface area contributed by atoms with Crippen LogP contribution in [0.15, 0.2) is 6.20 Å². The summed E-state index contributed by atoms with van der Waals surface area (Å²) in [5, 5.41) is 4.19. The van der Waals surface area contributed by atoms with E-state index in [1.54, 1.807) is 13.3 Å². The van der Waals surface area contributed by atoms with E-state index in [9.17, 15) is 0 Å². The van der Waals surface area contributed by atoms with Crippen molar-refractivity contribution in [2.24, 2.45) is 0 Å². The molecule has 92 valence electrons. The van der Waals surface area contributed by atoms with Gasteiger partial charge in [-0.05, 0) is 0 Å². The van der Waals surface area contributed by atoms with Crippen molar-refractivity contribution in [1.82, 2.24) is 9.78 Å². The van der Waals surface area contributed by atoms with Gasteiger partial charge in [0.2, 0.25) is 0 Å². The van der Waals surface area contributed by atoms with Crippen LogP contribution in [0.5, 0.6) is 0 Å². The molecule has 0 aromatic carbocycles. The van der Waals surface area contributed by atoms with Crippen LogP contribution in [-0.4, -0.2) is 50.8 Å². The molecule has 0 spiro atoms. The smallest absolute Gasteiger partial charge is 0.149 e. The number of rotatable bonds is 7. The molecule has 0 saturated heterocycles. The van der Waals surface area contributed by atoms with Crippen LogP contribution in [-0.2, 0) is 16.0 Å². The fourth-order valence-corrected chi connectivity index (χ4v) is 1.44. The van der Waals surface area contributed by atoms with E-state index in [1.165, 1.54) is 0 Å². The minimum absolute atomic E-state index is 0.602. The first-order chi connectivity index (χ1) is 7.66. The van der Waals surface area contributed by atoms with Crippen molar-refractivity contribution < 1.29 is 9.47 Å². The van der Waals surface area contributed by atoms with Crippen LogP contribution in [0.1, 0.15) is 0 Å². The van der Waals surface area contributed by atoms with Crippen molar-refractivity contribution in [3.63, 3.8) is 0 Å². The third-order valence-electron chi connectivity index (χ3n) is 2.14. The van der Waals surface area contributed by atoms with Gasteiger partial charge in [-0.3, -0.25) is 0 Å². The molecule has 0 radical (unpaired) electrons. The van der Waals surface area contributed by atoms with Gasteiger partial charge in [0.1, 0.15) is 5.82 Å². The highest BCUT2D eigenvalue weighted by Gasteiger charge is 2.09. The van der Waals surface area contributed by atoms with E-state index in [0.29, 0.717) is 32.1 Å². The molecule has 1 aromatic rings. The molecule has 2 N–H and O–H groups in total. The van der Waals surface area contributed by atoms with Gasteiger partial charge in [0.25, 0.3) is 0 Å². The fourth-order valence-electron chi connectivity index (χ4n) is 1.44. The molecule has 0 unspecified atom stereocenters. The quantitative estimate of drug-likeness (QED) is 0.675. The second kappa shape index (κ2) is 6.34. The van der Waals surface area contributed by atoms with Gasteiger partial charge in [-0.1, -0.05) is 0 Å². The predicted molar refractivity (Wildman–Crippen MR) is 63.7 cm³/mol. The molecule has 0 aliphatic heterocycles. The topological polar surface area (TPSA) is 65.5 Å². The van der Waals surface area contributed by atoms with Crippen LogP contribution >= 0.6 is 0 Å². The molecule has 16 heavy (non-hydrogen) atoms. The summed E-state index contributed by atoms with van der Waals surface area (Å²) >= 11 is 0. The number of ether oxygens (including phenoxy) is 2. The SMILES string of the molecule is COCCOCCn1ncc(N)c1N(C)C. The maximum absolute atomic E-state index is 5.81. The molecule has 0 aliphatic rings. The normalized spacial score (nSPS) is 10.7.